The molecule has 4 heteroatoms. The van der Waals surface area contributed by atoms with E-state index in [2.05, 4.69) is 18.9 Å². The van der Waals surface area contributed by atoms with Crippen LogP contribution in [0, 0.1) is 0 Å². The van der Waals surface area contributed by atoms with Gasteiger partial charge in [-0.3, -0.25) is 4.68 Å². The Hall–Kier alpha value is -0.480. The Kier molecular flexibility index (Phi) is 4.48. The first kappa shape index (κ1) is 11.6. The van der Waals surface area contributed by atoms with Crippen LogP contribution in [0.3, 0.4) is 0 Å². The van der Waals surface area contributed by atoms with E-state index in [1.807, 2.05) is 23.2 Å². The summed E-state index contributed by atoms with van der Waals surface area (Å²) in [5, 5.41) is 14.0. The molecule has 0 aliphatic rings. The average Bonchev–Trinajstić information content (AvgIpc) is 2.53. The Balaban J connectivity index is 2.51. The summed E-state index contributed by atoms with van der Waals surface area (Å²) >= 11 is 1.66. The van der Waals surface area contributed by atoms with Gasteiger partial charge in [-0.1, -0.05) is 0 Å². The highest BCUT2D eigenvalue weighted by molar-refractivity contribution is 7.98. The van der Waals surface area contributed by atoms with Crippen LogP contribution in [0.25, 0.3) is 0 Å². The molecule has 0 aliphatic heterocycles. The fourth-order valence-corrected chi connectivity index (χ4v) is 1.77. The Morgan fingerprint density at radius 3 is 2.79 bits per heavy atom. The molecule has 0 saturated heterocycles. The lowest BCUT2D eigenvalue weighted by molar-refractivity contribution is 0.198. The molecular weight excluding hydrogens is 196 g/mol. The summed E-state index contributed by atoms with van der Waals surface area (Å²) in [6.45, 7) is 4.18. The van der Waals surface area contributed by atoms with Crippen molar-refractivity contribution in [3.05, 3.63) is 18.0 Å². The fourth-order valence-electron chi connectivity index (χ4n) is 1.27. The minimum atomic E-state index is -0.277. The van der Waals surface area contributed by atoms with Crippen molar-refractivity contribution in [1.29, 1.82) is 0 Å². The summed E-state index contributed by atoms with van der Waals surface area (Å²) in [5.41, 5.74) is 0.972. The zero-order valence-corrected chi connectivity index (χ0v) is 9.79. The smallest absolute Gasteiger partial charge is 0.0686 e. The van der Waals surface area contributed by atoms with E-state index in [9.17, 15) is 5.11 Å². The van der Waals surface area contributed by atoms with E-state index < -0.39 is 0 Å². The topological polar surface area (TPSA) is 38.0 Å². The van der Waals surface area contributed by atoms with Gasteiger partial charge in [0.2, 0.25) is 0 Å². The van der Waals surface area contributed by atoms with Crippen LogP contribution in [0.15, 0.2) is 12.3 Å². The van der Waals surface area contributed by atoms with Gasteiger partial charge in [-0.15, -0.1) is 0 Å². The highest BCUT2D eigenvalue weighted by Gasteiger charge is 2.08. The van der Waals surface area contributed by atoms with Gasteiger partial charge in [-0.05, 0) is 26.2 Å². The number of thioether (sulfide) groups is 1. The molecule has 3 nitrogen and oxygen atoms in total. The zero-order valence-electron chi connectivity index (χ0n) is 8.97. The predicted molar refractivity (Wildman–Crippen MR) is 60.7 cm³/mol. The average molecular weight is 214 g/mol. The van der Waals surface area contributed by atoms with Crippen molar-refractivity contribution in [2.45, 2.75) is 32.4 Å². The molecule has 0 aromatic carbocycles. The third-order valence-corrected chi connectivity index (χ3v) is 2.71. The van der Waals surface area contributed by atoms with Crippen molar-refractivity contribution in [3.8, 4) is 0 Å². The third-order valence-electron chi connectivity index (χ3n) is 2.00. The third kappa shape index (κ3) is 3.35. The van der Waals surface area contributed by atoms with Crippen LogP contribution in [0.4, 0.5) is 0 Å². The molecule has 1 unspecified atom stereocenters. The van der Waals surface area contributed by atoms with E-state index in [1.54, 1.807) is 11.8 Å². The van der Waals surface area contributed by atoms with Gasteiger partial charge < -0.3 is 5.11 Å². The lowest BCUT2D eigenvalue weighted by Gasteiger charge is -2.07. The van der Waals surface area contributed by atoms with Crippen molar-refractivity contribution in [2.75, 3.05) is 12.0 Å². The zero-order chi connectivity index (χ0) is 10.6. The summed E-state index contributed by atoms with van der Waals surface area (Å²) in [7, 11) is 0. The van der Waals surface area contributed by atoms with Crippen LogP contribution in [-0.4, -0.2) is 33.0 Å². The van der Waals surface area contributed by atoms with Gasteiger partial charge in [0.25, 0.3) is 0 Å². The molecule has 14 heavy (non-hydrogen) atoms. The number of nitrogens with zero attached hydrogens (tertiary/aromatic N) is 2. The molecule has 1 rings (SSSR count). The van der Waals surface area contributed by atoms with E-state index in [0.29, 0.717) is 12.5 Å². The Labute approximate surface area is 89.5 Å². The van der Waals surface area contributed by atoms with Crippen LogP contribution in [0.5, 0.6) is 0 Å². The number of rotatable bonds is 5. The molecule has 0 saturated carbocycles. The molecular formula is C10H18N2OS. The molecule has 0 amide bonds. The Morgan fingerprint density at radius 2 is 2.29 bits per heavy atom. The number of aliphatic hydroxyl groups excluding tert-OH is 1. The molecule has 0 radical (unpaired) electrons. The number of aromatic nitrogens is 2. The van der Waals surface area contributed by atoms with E-state index in [0.717, 1.165) is 11.4 Å². The maximum absolute atomic E-state index is 9.58. The number of hydrogen-bond acceptors (Lipinski definition) is 3. The second kappa shape index (κ2) is 5.41. The first-order chi connectivity index (χ1) is 6.63. The van der Waals surface area contributed by atoms with Crippen molar-refractivity contribution in [3.63, 3.8) is 0 Å². The minimum Gasteiger partial charge on any atom is -0.392 e. The van der Waals surface area contributed by atoms with Gasteiger partial charge in [0.1, 0.15) is 0 Å². The van der Waals surface area contributed by atoms with Crippen molar-refractivity contribution >= 4 is 11.8 Å². The summed E-state index contributed by atoms with van der Waals surface area (Å²) in [6.07, 6.45) is 4.34. The largest absolute Gasteiger partial charge is 0.392 e. The predicted octanol–water partition coefficient (Wildman–Crippen LogP) is 1.73. The van der Waals surface area contributed by atoms with Crippen LogP contribution < -0.4 is 0 Å². The first-order valence-corrected chi connectivity index (χ1v) is 6.24. The van der Waals surface area contributed by atoms with Crippen LogP contribution >= 0.6 is 11.8 Å². The normalized spacial score (nSPS) is 13.5. The first-order valence-electron chi connectivity index (χ1n) is 4.84. The van der Waals surface area contributed by atoms with Gasteiger partial charge >= 0.3 is 0 Å². The fraction of sp³-hybridized carbons (Fsp3) is 0.700. The molecule has 1 aromatic rings. The summed E-state index contributed by atoms with van der Waals surface area (Å²) in [4.78, 5) is 0. The van der Waals surface area contributed by atoms with Crippen LogP contribution in [-0.2, 0) is 6.42 Å². The highest BCUT2D eigenvalue weighted by atomic mass is 32.2. The van der Waals surface area contributed by atoms with Gasteiger partial charge in [-0.2, -0.15) is 16.9 Å². The number of hydrogen-bond donors (Lipinski definition) is 1. The lowest BCUT2D eigenvalue weighted by atomic mass is 10.2. The molecule has 1 heterocycles. The van der Waals surface area contributed by atoms with Gasteiger partial charge in [-0.25, -0.2) is 0 Å². The Morgan fingerprint density at radius 1 is 1.57 bits per heavy atom. The molecule has 1 atom stereocenters. The van der Waals surface area contributed by atoms with E-state index in [1.165, 1.54) is 0 Å². The monoisotopic (exact) mass is 214 g/mol. The lowest BCUT2D eigenvalue weighted by Crippen LogP contribution is -2.14. The molecule has 1 aromatic heterocycles. The maximum Gasteiger partial charge on any atom is 0.0686 e. The second-order valence-electron chi connectivity index (χ2n) is 3.69. The van der Waals surface area contributed by atoms with Crippen molar-refractivity contribution in [1.82, 2.24) is 9.78 Å². The summed E-state index contributed by atoms with van der Waals surface area (Å²) in [6, 6.07) is 2.37. The van der Waals surface area contributed by atoms with E-state index in [4.69, 9.17) is 0 Å². The molecule has 80 valence electrons. The van der Waals surface area contributed by atoms with E-state index >= 15 is 0 Å². The molecule has 0 spiro atoms. The molecule has 0 aliphatic carbocycles. The number of aliphatic hydroxyl groups is 1. The van der Waals surface area contributed by atoms with Crippen molar-refractivity contribution < 1.29 is 5.11 Å². The molecule has 0 bridgehead atoms. The standard InChI is InChI=1S/C10H18N2OS/c1-8(2)12-5-4-9(11-12)6-10(13)7-14-3/h4-5,8,10,13H,6-7H2,1-3H3. The highest BCUT2D eigenvalue weighted by Crippen LogP contribution is 2.08. The van der Waals surface area contributed by atoms with Crippen molar-refractivity contribution in [2.24, 2.45) is 0 Å². The molecule has 0 fully saturated rings. The molecule has 1 N–H and O–H groups in total. The van der Waals surface area contributed by atoms with Crippen LogP contribution in [0.2, 0.25) is 0 Å². The maximum atomic E-state index is 9.58. The quantitative estimate of drug-likeness (QED) is 0.811. The SMILES string of the molecule is CSCC(O)Cc1ccn(C(C)C)n1. The second-order valence-corrected chi connectivity index (χ2v) is 4.60. The summed E-state index contributed by atoms with van der Waals surface area (Å²) in [5.74, 6) is 0.772. The van der Waals surface area contributed by atoms with Gasteiger partial charge in [0.05, 0.1) is 11.8 Å². The van der Waals surface area contributed by atoms with Gasteiger partial charge in [0.15, 0.2) is 0 Å². The Bertz CT molecular complexity index is 273. The van der Waals surface area contributed by atoms with Crippen LogP contribution in [0.1, 0.15) is 25.6 Å². The minimum absolute atomic E-state index is 0.277. The summed E-state index contributed by atoms with van der Waals surface area (Å²) < 4.78 is 1.92. The van der Waals surface area contributed by atoms with E-state index in [-0.39, 0.29) is 6.10 Å². The van der Waals surface area contributed by atoms with Gasteiger partial charge in [0, 0.05) is 24.4 Å².